The molecule has 0 saturated carbocycles. The highest BCUT2D eigenvalue weighted by Crippen LogP contribution is 2.29. The fraction of sp³-hybridized carbons (Fsp3) is 0.522. The van der Waals surface area contributed by atoms with Crippen LogP contribution >= 0.6 is 11.6 Å². The second-order valence-electron chi connectivity index (χ2n) is 9.15. The zero-order valence-electron chi connectivity index (χ0n) is 19.9. The van der Waals surface area contributed by atoms with Crippen LogP contribution < -0.4 is 10.6 Å². The number of fused-ring (bicyclic) bond motifs is 1. The number of piperidine rings is 1. The van der Waals surface area contributed by atoms with Gasteiger partial charge in [-0.05, 0) is 37.1 Å². The number of rotatable bonds is 7. The van der Waals surface area contributed by atoms with Gasteiger partial charge in [-0.1, -0.05) is 22.8 Å². The molecular formula is C23H31ClN6O4S. The van der Waals surface area contributed by atoms with Gasteiger partial charge in [0.1, 0.15) is 17.5 Å². The lowest BCUT2D eigenvalue weighted by Gasteiger charge is -2.38. The van der Waals surface area contributed by atoms with Crippen molar-refractivity contribution in [3.05, 3.63) is 41.2 Å². The molecule has 0 radical (unpaired) electrons. The molecule has 0 spiro atoms. The van der Waals surface area contributed by atoms with Crippen LogP contribution in [0, 0.1) is 0 Å². The van der Waals surface area contributed by atoms with Crippen LogP contribution in [0.25, 0.3) is 0 Å². The summed E-state index contributed by atoms with van der Waals surface area (Å²) in [5.41, 5.74) is 1.28. The van der Waals surface area contributed by atoms with E-state index in [1.165, 1.54) is 0 Å². The molecule has 0 aromatic heterocycles. The molecule has 0 bridgehead atoms. The summed E-state index contributed by atoms with van der Waals surface area (Å²) in [7, 11) is 1.95. The molecule has 3 aliphatic rings. The van der Waals surface area contributed by atoms with Gasteiger partial charge in [0.15, 0.2) is 0 Å². The molecule has 1 unspecified atom stereocenters. The molecule has 0 aliphatic carbocycles. The van der Waals surface area contributed by atoms with Gasteiger partial charge in [0.25, 0.3) is 5.91 Å². The van der Waals surface area contributed by atoms with E-state index in [1.807, 2.05) is 23.0 Å². The van der Waals surface area contributed by atoms with E-state index in [2.05, 4.69) is 15.5 Å². The third kappa shape index (κ3) is 6.14. The Hall–Kier alpha value is -2.63. The van der Waals surface area contributed by atoms with E-state index in [0.717, 1.165) is 5.70 Å². The van der Waals surface area contributed by atoms with Crippen molar-refractivity contribution in [2.24, 2.45) is 0 Å². The maximum absolute atomic E-state index is 13.3. The SMILES string of the molecule is CN1C=C2C(=O)N(C3CCN(C(=O)[C@@H](CC[S+](C)[O-])NC(=O)Nc4ccc(Cl)cc4)CC3)CN2C1. The lowest BCUT2D eigenvalue weighted by molar-refractivity contribution is -0.135. The van der Waals surface area contributed by atoms with Crippen LogP contribution in [0.3, 0.4) is 0 Å². The number of halogens is 1. The standard InChI is InChI=1S/C23H31ClN6O4S/c1-27-13-20-22(32)30(15-29(20)14-27)18-7-10-28(11-8-18)21(31)19(9-12-35(2)34)26-23(33)25-17-5-3-16(24)4-6-17/h3-6,13,18-19H,7-12,14-15H2,1-2H3,(H2,25,26,33)/t19-,35?/m1/s1. The first kappa shape index (κ1) is 25.5. The summed E-state index contributed by atoms with van der Waals surface area (Å²) in [6.07, 6.45) is 5.09. The van der Waals surface area contributed by atoms with Gasteiger partial charge in [0.2, 0.25) is 5.91 Å². The van der Waals surface area contributed by atoms with Gasteiger partial charge < -0.3 is 34.8 Å². The monoisotopic (exact) mass is 522 g/mol. The Labute approximate surface area is 213 Å². The van der Waals surface area contributed by atoms with Crippen LogP contribution in [0.4, 0.5) is 10.5 Å². The predicted octanol–water partition coefficient (Wildman–Crippen LogP) is 1.44. The zero-order chi connectivity index (χ0) is 25.1. The van der Waals surface area contributed by atoms with Crippen molar-refractivity contribution in [1.82, 2.24) is 24.9 Å². The van der Waals surface area contributed by atoms with Gasteiger partial charge >= 0.3 is 6.03 Å². The van der Waals surface area contributed by atoms with Crippen molar-refractivity contribution in [1.29, 1.82) is 0 Å². The topological polar surface area (TPSA) is 111 Å². The molecule has 4 amide bonds. The van der Waals surface area contributed by atoms with Gasteiger partial charge in [-0.15, -0.1) is 0 Å². The van der Waals surface area contributed by atoms with Crippen LogP contribution in [0.15, 0.2) is 36.2 Å². The average Bonchev–Trinajstić information content (AvgIpc) is 3.34. The van der Waals surface area contributed by atoms with E-state index >= 15 is 0 Å². The number of anilines is 1. The number of benzene rings is 1. The Balaban J connectivity index is 1.33. The molecule has 4 rings (SSSR count). The molecule has 2 fully saturated rings. The van der Waals surface area contributed by atoms with E-state index in [-0.39, 0.29) is 24.3 Å². The minimum Gasteiger partial charge on any atom is -0.617 e. The normalized spacial score (nSPS) is 20.0. The van der Waals surface area contributed by atoms with E-state index in [1.54, 1.807) is 35.4 Å². The Bertz CT molecular complexity index is 983. The van der Waals surface area contributed by atoms with Crippen molar-refractivity contribution in [3.8, 4) is 0 Å². The summed E-state index contributed by atoms with van der Waals surface area (Å²) in [6, 6.07) is 5.44. The molecule has 3 aliphatic heterocycles. The number of carbonyl (C=O) groups excluding carboxylic acids is 3. The van der Waals surface area contributed by atoms with E-state index in [4.69, 9.17) is 11.6 Å². The van der Waals surface area contributed by atoms with Crippen molar-refractivity contribution in [3.63, 3.8) is 0 Å². The number of hydrogen-bond acceptors (Lipinski definition) is 6. The lowest BCUT2D eigenvalue weighted by atomic mass is 10.0. The Kier molecular flexibility index (Phi) is 7.98. The third-order valence-electron chi connectivity index (χ3n) is 6.50. The molecule has 10 nitrogen and oxygen atoms in total. The summed E-state index contributed by atoms with van der Waals surface area (Å²) in [6.45, 7) is 2.28. The van der Waals surface area contributed by atoms with Gasteiger partial charge in [0.05, 0.1) is 19.6 Å². The summed E-state index contributed by atoms with van der Waals surface area (Å²) < 4.78 is 11.7. The second kappa shape index (κ2) is 11.0. The van der Waals surface area contributed by atoms with Gasteiger partial charge in [-0.3, -0.25) is 9.59 Å². The second-order valence-corrected chi connectivity index (χ2v) is 11.1. The van der Waals surface area contributed by atoms with Crippen LogP contribution in [0.5, 0.6) is 0 Å². The highest BCUT2D eigenvalue weighted by molar-refractivity contribution is 7.90. The molecule has 3 heterocycles. The highest BCUT2D eigenvalue weighted by Gasteiger charge is 2.41. The van der Waals surface area contributed by atoms with E-state index in [9.17, 15) is 18.9 Å². The Morgan fingerprint density at radius 3 is 2.51 bits per heavy atom. The summed E-state index contributed by atoms with van der Waals surface area (Å²) in [5.74, 6) is 0.149. The Morgan fingerprint density at radius 1 is 1.20 bits per heavy atom. The molecular weight excluding hydrogens is 492 g/mol. The van der Waals surface area contributed by atoms with Crippen molar-refractivity contribution >= 4 is 46.3 Å². The molecule has 12 heteroatoms. The summed E-state index contributed by atoms with van der Waals surface area (Å²) in [4.78, 5) is 46.4. The van der Waals surface area contributed by atoms with Gasteiger partial charge in [-0.2, -0.15) is 0 Å². The number of likely N-dealkylation sites (tertiary alicyclic amines) is 1. The maximum atomic E-state index is 13.3. The quantitative estimate of drug-likeness (QED) is 0.524. The van der Waals surface area contributed by atoms with Crippen LogP contribution in [-0.2, 0) is 20.8 Å². The summed E-state index contributed by atoms with van der Waals surface area (Å²) in [5, 5.41) is 6.00. The largest absolute Gasteiger partial charge is 0.617 e. The zero-order valence-corrected chi connectivity index (χ0v) is 21.5. The summed E-state index contributed by atoms with van der Waals surface area (Å²) >= 11 is 4.79. The molecule has 190 valence electrons. The van der Waals surface area contributed by atoms with Crippen molar-refractivity contribution in [2.45, 2.75) is 31.3 Å². The molecule has 2 N–H and O–H groups in total. The highest BCUT2D eigenvalue weighted by atomic mass is 35.5. The molecule has 1 aromatic carbocycles. The van der Waals surface area contributed by atoms with Gasteiger partial charge in [-0.25, -0.2) is 4.79 Å². The fourth-order valence-electron chi connectivity index (χ4n) is 4.68. The first-order valence-electron chi connectivity index (χ1n) is 11.6. The number of hydrogen-bond donors (Lipinski definition) is 2. The fourth-order valence-corrected chi connectivity index (χ4v) is 5.38. The van der Waals surface area contributed by atoms with Crippen molar-refractivity contribution < 1.29 is 18.9 Å². The number of amides is 4. The number of nitrogens with one attached hydrogen (secondary N) is 2. The van der Waals surface area contributed by atoms with Crippen LogP contribution in [0.1, 0.15) is 19.3 Å². The third-order valence-corrected chi connectivity index (χ3v) is 7.56. The molecule has 1 aromatic rings. The minimum atomic E-state index is -1.09. The first-order chi connectivity index (χ1) is 16.7. The van der Waals surface area contributed by atoms with Gasteiger partial charge in [0, 0.05) is 49.5 Å². The number of nitrogens with zero attached hydrogens (tertiary/aromatic N) is 4. The van der Waals surface area contributed by atoms with E-state index < -0.39 is 23.2 Å². The van der Waals surface area contributed by atoms with E-state index in [0.29, 0.717) is 55.7 Å². The van der Waals surface area contributed by atoms with Crippen LogP contribution in [0.2, 0.25) is 5.02 Å². The van der Waals surface area contributed by atoms with Crippen molar-refractivity contribution in [2.75, 3.05) is 50.8 Å². The first-order valence-corrected chi connectivity index (χ1v) is 13.7. The molecule has 2 atom stereocenters. The Morgan fingerprint density at radius 2 is 1.89 bits per heavy atom. The smallest absolute Gasteiger partial charge is 0.319 e. The maximum Gasteiger partial charge on any atom is 0.319 e. The molecule has 35 heavy (non-hydrogen) atoms. The average molecular weight is 523 g/mol. The number of carbonyl (C=O) groups is 3. The van der Waals surface area contributed by atoms with Crippen LogP contribution in [-0.4, -0.2) is 99.6 Å². The number of urea groups is 1. The predicted molar refractivity (Wildman–Crippen MR) is 135 cm³/mol. The molecule has 2 saturated heterocycles. The lowest BCUT2D eigenvalue weighted by Crippen LogP contribution is -2.54. The minimum absolute atomic E-state index is 0.0444.